The van der Waals surface area contributed by atoms with Gasteiger partial charge in [-0.25, -0.2) is 0 Å². The highest BCUT2D eigenvalue weighted by Crippen LogP contribution is 2.31. The Hall–Kier alpha value is -1.54. The number of hydrogen-bond donors (Lipinski definition) is 1. The van der Waals surface area contributed by atoms with Crippen LogP contribution in [0.25, 0.3) is 10.8 Å². The third kappa shape index (κ3) is 1.76. The van der Waals surface area contributed by atoms with E-state index in [-0.39, 0.29) is 6.04 Å². The van der Waals surface area contributed by atoms with Gasteiger partial charge in [-0.15, -0.1) is 0 Å². The SMILES string of the molecule is CCC(N)c1ccc(OC)c2ccccc12. The first-order valence-electron chi connectivity index (χ1n) is 5.59. The molecule has 0 spiro atoms. The van der Waals surface area contributed by atoms with Crippen LogP contribution in [0.3, 0.4) is 0 Å². The minimum atomic E-state index is 0.0933. The Balaban J connectivity index is 2.69. The fourth-order valence-electron chi connectivity index (χ4n) is 2.02. The van der Waals surface area contributed by atoms with E-state index in [9.17, 15) is 0 Å². The third-order valence-corrected chi connectivity index (χ3v) is 2.98. The van der Waals surface area contributed by atoms with Gasteiger partial charge in [0.1, 0.15) is 5.75 Å². The Morgan fingerprint density at radius 3 is 2.44 bits per heavy atom. The van der Waals surface area contributed by atoms with Gasteiger partial charge in [-0.3, -0.25) is 0 Å². The molecule has 0 fully saturated rings. The van der Waals surface area contributed by atoms with Crippen LogP contribution >= 0.6 is 0 Å². The van der Waals surface area contributed by atoms with Crippen molar-refractivity contribution in [2.24, 2.45) is 5.73 Å². The second-order valence-electron chi connectivity index (χ2n) is 3.92. The average Bonchev–Trinajstić information content (AvgIpc) is 2.36. The average molecular weight is 215 g/mol. The summed E-state index contributed by atoms with van der Waals surface area (Å²) in [5.74, 6) is 0.905. The molecule has 0 aliphatic carbocycles. The Labute approximate surface area is 96.0 Å². The number of nitrogens with two attached hydrogens (primary N) is 1. The number of rotatable bonds is 3. The van der Waals surface area contributed by atoms with Crippen LogP contribution < -0.4 is 10.5 Å². The molecule has 2 aromatic carbocycles. The van der Waals surface area contributed by atoms with Gasteiger partial charge in [-0.2, -0.15) is 0 Å². The second-order valence-corrected chi connectivity index (χ2v) is 3.92. The van der Waals surface area contributed by atoms with Crippen molar-refractivity contribution in [2.75, 3.05) is 7.11 Å². The molecule has 1 atom stereocenters. The standard InChI is InChI=1S/C14H17NO/c1-3-13(15)11-8-9-14(16-2)12-7-5-4-6-10(11)12/h4-9,13H,3,15H2,1-2H3. The van der Waals surface area contributed by atoms with Crippen LogP contribution in [-0.2, 0) is 0 Å². The quantitative estimate of drug-likeness (QED) is 0.853. The van der Waals surface area contributed by atoms with E-state index in [2.05, 4.69) is 25.1 Å². The lowest BCUT2D eigenvalue weighted by molar-refractivity contribution is 0.419. The van der Waals surface area contributed by atoms with Crippen LogP contribution in [0.1, 0.15) is 24.9 Å². The molecular weight excluding hydrogens is 198 g/mol. The van der Waals surface area contributed by atoms with Crippen molar-refractivity contribution >= 4 is 10.8 Å². The fraction of sp³-hybridized carbons (Fsp3) is 0.286. The summed E-state index contributed by atoms with van der Waals surface area (Å²) in [6, 6.07) is 12.4. The predicted molar refractivity (Wildman–Crippen MR) is 67.7 cm³/mol. The van der Waals surface area contributed by atoms with E-state index in [1.165, 1.54) is 10.9 Å². The number of ether oxygens (including phenoxy) is 1. The van der Waals surface area contributed by atoms with Gasteiger partial charge in [-0.05, 0) is 23.4 Å². The van der Waals surface area contributed by atoms with Gasteiger partial charge in [0.15, 0.2) is 0 Å². The number of fused-ring (bicyclic) bond motifs is 1. The van der Waals surface area contributed by atoms with Gasteiger partial charge in [0, 0.05) is 11.4 Å². The Morgan fingerprint density at radius 2 is 1.81 bits per heavy atom. The molecule has 0 aromatic heterocycles. The highest BCUT2D eigenvalue weighted by Gasteiger charge is 2.10. The molecule has 2 rings (SSSR count). The lowest BCUT2D eigenvalue weighted by Gasteiger charge is -2.14. The van der Waals surface area contributed by atoms with Gasteiger partial charge >= 0.3 is 0 Å². The molecule has 84 valence electrons. The van der Waals surface area contributed by atoms with Crippen molar-refractivity contribution in [3.63, 3.8) is 0 Å². The summed E-state index contributed by atoms with van der Waals surface area (Å²) < 4.78 is 5.36. The topological polar surface area (TPSA) is 35.2 Å². The monoisotopic (exact) mass is 215 g/mol. The Kier molecular flexibility index (Phi) is 3.11. The van der Waals surface area contributed by atoms with E-state index in [1.807, 2.05) is 18.2 Å². The molecule has 0 bridgehead atoms. The van der Waals surface area contributed by atoms with Crippen LogP contribution in [0, 0.1) is 0 Å². The van der Waals surface area contributed by atoms with Crippen molar-refractivity contribution in [1.82, 2.24) is 0 Å². The zero-order valence-electron chi connectivity index (χ0n) is 9.73. The summed E-state index contributed by atoms with van der Waals surface area (Å²) in [7, 11) is 1.70. The molecule has 0 saturated heterocycles. The maximum Gasteiger partial charge on any atom is 0.126 e. The van der Waals surface area contributed by atoms with Crippen molar-refractivity contribution in [3.8, 4) is 5.75 Å². The minimum Gasteiger partial charge on any atom is -0.496 e. The van der Waals surface area contributed by atoms with E-state index >= 15 is 0 Å². The van der Waals surface area contributed by atoms with Crippen LogP contribution in [0.15, 0.2) is 36.4 Å². The fourth-order valence-corrected chi connectivity index (χ4v) is 2.02. The molecule has 2 aromatic rings. The van der Waals surface area contributed by atoms with E-state index in [0.717, 1.165) is 17.6 Å². The normalized spacial score (nSPS) is 12.7. The van der Waals surface area contributed by atoms with Crippen LogP contribution in [0.5, 0.6) is 5.75 Å². The maximum absolute atomic E-state index is 6.11. The summed E-state index contributed by atoms with van der Waals surface area (Å²) in [6.45, 7) is 2.10. The smallest absolute Gasteiger partial charge is 0.126 e. The summed E-state index contributed by atoms with van der Waals surface area (Å²) in [5, 5.41) is 2.32. The van der Waals surface area contributed by atoms with Crippen molar-refractivity contribution in [2.45, 2.75) is 19.4 Å². The predicted octanol–water partition coefficient (Wildman–Crippen LogP) is 3.26. The molecule has 2 nitrogen and oxygen atoms in total. The largest absolute Gasteiger partial charge is 0.496 e. The van der Waals surface area contributed by atoms with Crippen LogP contribution in [-0.4, -0.2) is 7.11 Å². The molecule has 2 heteroatoms. The summed E-state index contributed by atoms with van der Waals surface area (Å²) in [5.41, 5.74) is 7.30. The lowest BCUT2D eigenvalue weighted by Crippen LogP contribution is -2.09. The van der Waals surface area contributed by atoms with E-state index in [0.29, 0.717) is 0 Å². The summed E-state index contributed by atoms with van der Waals surface area (Å²) >= 11 is 0. The number of hydrogen-bond acceptors (Lipinski definition) is 2. The van der Waals surface area contributed by atoms with Gasteiger partial charge in [-0.1, -0.05) is 37.3 Å². The molecular formula is C14H17NO. The van der Waals surface area contributed by atoms with E-state index in [4.69, 9.17) is 10.5 Å². The van der Waals surface area contributed by atoms with Gasteiger partial charge in [0.05, 0.1) is 7.11 Å². The maximum atomic E-state index is 6.11. The molecule has 2 N–H and O–H groups in total. The minimum absolute atomic E-state index is 0.0933. The number of methoxy groups -OCH3 is 1. The third-order valence-electron chi connectivity index (χ3n) is 2.98. The first kappa shape index (κ1) is 11.0. The Bertz CT molecular complexity index is 493. The first-order chi connectivity index (χ1) is 7.77. The van der Waals surface area contributed by atoms with Crippen molar-refractivity contribution < 1.29 is 4.74 Å². The highest BCUT2D eigenvalue weighted by atomic mass is 16.5. The molecule has 0 aliphatic rings. The molecule has 0 aliphatic heterocycles. The Morgan fingerprint density at radius 1 is 1.12 bits per heavy atom. The zero-order valence-corrected chi connectivity index (χ0v) is 9.73. The molecule has 1 unspecified atom stereocenters. The van der Waals surface area contributed by atoms with Crippen LogP contribution in [0.2, 0.25) is 0 Å². The zero-order chi connectivity index (χ0) is 11.5. The highest BCUT2D eigenvalue weighted by molar-refractivity contribution is 5.91. The molecule has 0 amide bonds. The molecule has 16 heavy (non-hydrogen) atoms. The summed E-state index contributed by atoms with van der Waals surface area (Å²) in [6.07, 6.45) is 0.941. The first-order valence-corrected chi connectivity index (χ1v) is 5.59. The van der Waals surface area contributed by atoms with Crippen molar-refractivity contribution in [3.05, 3.63) is 42.0 Å². The van der Waals surface area contributed by atoms with Crippen molar-refractivity contribution in [1.29, 1.82) is 0 Å². The second kappa shape index (κ2) is 4.54. The van der Waals surface area contributed by atoms with E-state index in [1.54, 1.807) is 7.11 Å². The van der Waals surface area contributed by atoms with Crippen LogP contribution in [0.4, 0.5) is 0 Å². The number of benzene rings is 2. The molecule has 0 saturated carbocycles. The van der Waals surface area contributed by atoms with E-state index < -0.39 is 0 Å². The van der Waals surface area contributed by atoms with Gasteiger partial charge in [0.2, 0.25) is 0 Å². The molecule has 0 heterocycles. The van der Waals surface area contributed by atoms with Gasteiger partial charge in [0.25, 0.3) is 0 Å². The molecule has 0 radical (unpaired) electrons. The van der Waals surface area contributed by atoms with Gasteiger partial charge < -0.3 is 10.5 Å². The lowest BCUT2D eigenvalue weighted by atomic mass is 9.97. The summed E-state index contributed by atoms with van der Waals surface area (Å²) in [4.78, 5) is 0.